The second kappa shape index (κ2) is 7.49. The van der Waals surface area contributed by atoms with Gasteiger partial charge in [-0.1, -0.05) is 24.6 Å². The number of aliphatic carboxylic acids is 1. The van der Waals surface area contributed by atoms with Crippen molar-refractivity contribution < 1.29 is 14.7 Å². The fraction of sp³-hybridized carbons (Fsp3) is 0.500. The minimum absolute atomic E-state index is 0.0134. The van der Waals surface area contributed by atoms with Gasteiger partial charge in [-0.2, -0.15) is 0 Å². The summed E-state index contributed by atoms with van der Waals surface area (Å²) in [5.74, 6) is -1.28. The summed E-state index contributed by atoms with van der Waals surface area (Å²) in [4.78, 5) is 26.7. The van der Waals surface area contributed by atoms with Gasteiger partial charge in [0.05, 0.1) is 0 Å². The maximum absolute atomic E-state index is 12.2. The number of rotatable bonds is 5. The topological polar surface area (TPSA) is 63.7 Å². The minimum atomic E-state index is -1.11. The van der Waals surface area contributed by atoms with Gasteiger partial charge in [0.1, 0.15) is 0 Å². The lowest BCUT2D eigenvalue weighted by Crippen LogP contribution is -2.49. The van der Waals surface area contributed by atoms with Crippen molar-refractivity contribution in [3.63, 3.8) is 0 Å². The summed E-state index contributed by atoms with van der Waals surface area (Å²) in [5, 5.41) is 11.2. The molecule has 0 aliphatic carbocycles. The van der Waals surface area contributed by atoms with Crippen molar-refractivity contribution in [2.24, 2.45) is 5.92 Å². The lowest BCUT2D eigenvalue weighted by Gasteiger charge is -2.36. The largest absolute Gasteiger partial charge is 0.550 e. The molecule has 5 nitrogen and oxygen atoms in total. The van der Waals surface area contributed by atoms with Gasteiger partial charge in [-0.25, -0.2) is 0 Å². The third kappa shape index (κ3) is 4.63. The lowest BCUT2D eigenvalue weighted by molar-refractivity contribution is -0.306. The van der Waals surface area contributed by atoms with Crippen molar-refractivity contribution in [1.29, 1.82) is 0 Å². The molecule has 1 amide bonds. The fourth-order valence-electron chi connectivity index (χ4n) is 2.67. The number of piperazine rings is 1. The van der Waals surface area contributed by atoms with Gasteiger partial charge < -0.3 is 19.7 Å². The predicted octanol–water partition coefficient (Wildman–Crippen LogP) is 1.15. The van der Waals surface area contributed by atoms with Crippen molar-refractivity contribution in [3.8, 4) is 0 Å². The first kappa shape index (κ1) is 16.6. The smallest absolute Gasteiger partial charge is 0.222 e. The highest BCUT2D eigenvalue weighted by Crippen LogP contribution is 2.21. The van der Waals surface area contributed by atoms with Gasteiger partial charge in [-0.15, -0.1) is 0 Å². The first-order valence-electron chi connectivity index (χ1n) is 7.44. The Hall–Kier alpha value is -1.75. The van der Waals surface area contributed by atoms with E-state index in [4.69, 9.17) is 11.6 Å². The molecule has 1 aromatic carbocycles. The standard InChI is InChI=1S/C16H21ClN2O3/c1-12(10-16(21)22)9-15(20)19-7-5-18(6-8-19)14-4-2-3-13(17)11-14/h2-4,11-12H,5-10H2,1H3,(H,21,22)/p-1/t12-/m1/s1. The van der Waals surface area contributed by atoms with Gasteiger partial charge in [0, 0.05) is 49.3 Å². The molecule has 1 saturated heterocycles. The fourth-order valence-corrected chi connectivity index (χ4v) is 2.86. The molecule has 1 atom stereocenters. The summed E-state index contributed by atoms with van der Waals surface area (Å²) >= 11 is 6.00. The molecule has 1 fully saturated rings. The van der Waals surface area contributed by atoms with Crippen molar-refractivity contribution in [2.75, 3.05) is 31.1 Å². The number of anilines is 1. The number of amides is 1. The van der Waals surface area contributed by atoms with Crippen LogP contribution in [0.25, 0.3) is 0 Å². The average molecular weight is 324 g/mol. The van der Waals surface area contributed by atoms with E-state index < -0.39 is 5.97 Å². The Morgan fingerprint density at radius 1 is 1.23 bits per heavy atom. The summed E-state index contributed by atoms with van der Waals surface area (Å²) in [6.45, 7) is 4.55. The lowest BCUT2D eigenvalue weighted by atomic mass is 10.0. The van der Waals surface area contributed by atoms with Crippen LogP contribution < -0.4 is 10.0 Å². The molecule has 0 bridgehead atoms. The quantitative estimate of drug-likeness (QED) is 0.815. The number of nitrogens with zero attached hydrogens (tertiary/aromatic N) is 2. The van der Waals surface area contributed by atoms with Gasteiger partial charge in [0.2, 0.25) is 5.91 Å². The van der Waals surface area contributed by atoms with Crippen molar-refractivity contribution in [2.45, 2.75) is 19.8 Å². The number of benzene rings is 1. The molecule has 1 heterocycles. The van der Waals surface area contributed by atoms with E-state index in [9.17, 15) is 14.7 Å². The van der Waals surface area contributed by atoms with Crippen molar-refractivity contribution in [1.82, 2.24) is 4.90 Å². The Kier molecular flexibility index (Phi) is 5.66. The molecule has 22 heavy (non-hydrogen) atoms. The van der Waals surface area contributed by atoms with E-state index in [1.165, 1.54) is 0 Å². The number of hydrogen-bond acceptors (Lipinski definition) is 4. The third-order valence-corrected chi connectivity index (χ3v) is 4.08. The molecule has 2 rings (SSSR count). The van der Waals surface area contributed by atoms with Crippen LogP contribution in [0.3, 0.4) is 0 Å². The normalized spacial score (nSPS) is 16.5. The monoisotopic (exact) mass is 323 g/mol. The molecule has 1 aliphatic rings. The van der Waals surface area contributed by atoms with Gasteiger partial charge in [-0.05, 0) is 30.5 Å². The highest BCUT2D eigenvalue weighted by atomic mass is 35.5. The third-order valence-electron chi connectivity index (χ3n) is 3.84. The van der Waals surface area contributed by atoms with E-state index in [-0.39, 0.29) is 24.7 Å². The molecule has 0 aromatic heterocycles. The Labute approximate surface area is 135 Å². The van der Waals surface area contributed by atoms with E-state index in [0.717, 1.165) is 18.8 Å². The average Bonchev–Trinajstić information content (AvgIpc) is 2.46. The van der Waals surface area contributed by atoms with Gasteiger partial charge >= 0.3 is 0 Å². The highest BCUT2D eigenvalue weighted by Gasteiger charge is 2.22. The van der Waals surface area contributed by atoms with Crippen LogP contribution in [0.4, 0.5) is 5.69 Å². The Bertz CT molecular complexity index is 542. The number of carboxylic acids is 1. The molecule has 0 N–H and O–H groups in total. The van der Waals surface area contributed by atoms with Crippen LogP contribution >= 0.6 is 11.6 Å². The molecular formula is C16H20ClN2O3-. The van der Waals surface area contributed by atoms with E-state index in [2.05, 4.69) is 4.90 Å². The first-order valence-corrected chi connectivity index (χ1v) is 7.81. The summed E-state index contributed by atoms with van der Waals surface area (Å²) in [6.07, 6.45) is 0.180. The number of hydrogen-bond donors (Lipinski definition) is 0. The number of carboxylic acid groups (broad SMARTS) is 1. The molecule has 1 aliphatic heterocycles. The first-order chi connectivity index (χ1) is 10.5. The van der Waals surface area contributed by atoms with Crippen LogP contribution in [0.15, 0.2) is 24.3 Å². The number of carbonyl (C=O) groups is 2. The van der Waals surface area contributed by atoms with Gasteiger partial charge in [0.25, 0.3) is 0 Å². The molecule has 0 radical (unpaired) electrons. The molecule has 6 heteroatoms. The SMILES string of the molecule is C[C@@H](CC(=O)[O-])CC(=O)N1CCN(c2cccc(Cl)c2)CC1. The van der Waals surface area contributed by atoms with Crippen LogP contribution in [-0.2, 0) is 9.59 Å². The van der Waals surface area contributed by atoms with E-state index >= 15 is 0 Å². The number of halogens is 1. The van der Waals surface area contributed by atoms with E-state index in [1.807, 2.05) is 24.3 Å². The van der Waals surface area contributed by atoms with Crippen LogP contribution in [-0.4, -0.2) is 43.0 Å². The summed E-state index contributed by atoms with van der Waals surface area (Å²) in [7, 11) is 0. The number of carbonyl (C=O) groups excluding carboxylic acids is 2. The Morgan fingerprint density at radius 2 is 1.91 bits per heavy atom. The van der Waals surface area contributed by atoms with Crippen LogP contribution in [0.5, 0.6) is 0 Å². The summed E-state index contributed by atoms with van der Waals surface area (Å²) in [5.41, 5.74) is 1.06. The second-order valence-corrected chi connectivity index (χ2v) is 6.17. The molecule has 120 valence electrons. The van der Waals surface area contributed by atoms with Gasteiger partial charge in [0.15, 0.2) is 0 Å². The van der Waals surface area contributed by atoms with Crippen molar-refractivity contribution >= 4 is 29.2 Å². The zero-order valence-electron chi connectivity index (χ0n) is 12.6. The van der Waals surface area contributed by atoms with Crippen LogP contribution in [0.2, 0.25) is 5.02 Å². The van der Waals surface area contributed by atoms with Gasteiger partial charge in [-0.3, -0.25) is 4.79 Å². The predicted molar refractivity (Wildman–Crippen MR) is 83.7 cm³/mol. The zero-order valence-corrected chi connectivity index (χ0v) is 13.4. The maximum atomic E-state index is 12.2. The molecule has 0 saturated carbocycles. The molecule has 1 aromatic rings. The summed E-state index contributed by atoms with van der Waals surface area (Å²) < 4.78 is 0. The molecule has 0 unspecified atom stereocenters. The van der Waals surface area contributed by atoms with E-state index in [1.54, 1.807) is 11.8 Å². The second-order valence-electron chi connectivity index (χ2n) is 5.73. The zero-order chi connectivity index (χ0) is 16.1. The summed E-state index contributed by atoms with van der Waals surface area (Å²) in [6, 6.07) is 7.67. The Morgan fingerprint density at radius 3 is 2.50 bits per heavy atom. The van der Waals surface area contributed by atoms with Crippen LogP contribution in [0, 0.1) is 5.92 Å². The van der Waals surface area contributed by atoms with Crippen molar-refractivity contribution in [3.05, 3.63) is 29.3 Å². The maximum Gasteiger partial charge on any atom is 0.222 e. The molecule has 0 spiro atoms. The minimum Gasteiger partial charge on any atom is -0.550 e. The van der Waals surface area contributed by atoms with E-state index in [0.29, 0.717) is 18.1 Å². The molecular weight excluding hydrogens is 304 g/mol. The Balaban J connectivity index is 1.84. The van der Waals surface area contributed by atoms with Crippen LogP contribution in [0.1, 0.15) is 19.8 Å². The highest BCUT2D eigenvalue weighted by molar-refractivity contribution is 6.30.